The smallest absolute Gasteiger partial charge is 0.347 e. The Hall–Kier alpha value is -3.15. The van der Waals surface area contributed by atoms with Crippen LogP contribution >= 0.6 is 0 Å². The lowest BCUT2D eigenvalue weighted by Crippen LogP contribution is -2.37. The maximum atomic E-state index is 12.4. The minimum atomic E-state index is -1.35. The summed E-state index contributed by atoms with van der Waals surface area (Å²) in [7, 11) is 0. The fourth-order valence-electron chi connectivity index (χ4n) is 2.79. The highest BCUT2D eigenvalue weighted by molar-refractivity contribution is 6.21. The van der Waals surface area contributed by atoms with E-state index >= 15 is 0 Å². The molecule has 134 valence electrons. The van der Waals surface area contributed by atoms with Gasteiger partial charge in [0, 0.05) is 6.54 Å². The Morgan fingerprint density at radius 1 is 1.04 bits per heavy atom. The van der Waals surface area contributed by atoms with Gasteiger partial charge in [0.15, 0.2) is 5.60 Å². The van der Waals surface area contributed by atoms with E-state index in [1.165, 1.54) is 18.7 Å². The predicted octanol–water partition coefficient (Wildman–Crippen LogP) is 2.77. The number of carbonyl (C=O) groups is 3. The number of carboxylic acid groups (broad SMARTS) is 1. The number of carboxylic acids is 1. The standard InChI is InChI=1S/C20H19NO5/c1-20(2,19(24)25)26-14-7-5-6-13(12-14)10-11-21-17(22)15-8-3-4-9-16(15)18(21)23/h3-9,12H,10-11H2,1-2H3,(H,24,25). The van der Waals surface area contributed by atoms with Gasteiger partial charge in [-0.15, -0.1) is 0 Å². The lowest BCUT2D eigenvalue weighted by atomic mass is 10.1. The summed E-state index contributed by atoms with van der Waals surface area (Å²) in [6.45, 7) is 3.19. The van der Waals surface area contributed by atoms with Gasteiger partial charge in [0.2, 0.25) is 0 Å². The first-order chi connectivity index (χ1) is 12.3. The van der Waals surface area contributed by atoms with Crippen molar-refractivity contribution in [2.24, 2.45) is 0 Å². The van der Waals surface area contributed by atoms with Crippen molar-refractivity contribution in [2.75, 3.05) is 6.54 Å². The van der Waals surface area contributed by atoms with Crippen molar-refractivity contribution in [3.8, 4) is 5.75 Å². The van der Waals surface area contributed by atoms with Gasteiger partial charge >= 0.3 is 5.97 Å². The second kappa shape index (κ2) is 6.63. The van der Waals surface area contributed by atoms with Gasteiger partial charge in [-0.3, -0.25) is 14.5 Å². The van der Waals surface area contributed by atoms with Crippen molar-refractivity contribution in [3.63, 3.8) is 0 Å². The molecule has 0 saturated carbocycles. The molecule has 2 aromatic rings. The van der Waals surface area contributed by atoms with Crippen LogP contribution in [0.5, 0.6) is 5.75 Å². The molecule has 3 rings (SSSR count). The SMILES string of the molecule is CC(C)(Oc1cccc(CCN2C(=O)c3ccccc3C2=O)c1)C(=O)O. The molecule has 0 radical (unpaired) electrons. The topological polar surface area (TPSA) is 83.9 Å². The molecular weight excluding hydrogens is 334 g/mol. The Morgan fingerprint density at radius 3 is 2.23 bits per heavy atom. The third kappa shape index (κ3) is 3.31. The first-order valence-corrected chi connectivity index (χ1v) is 8.26. The van der Waals surface area contributed by atoms with E-state index in [2.05, 4.69) is 0 Å². The van der Waals surface area contributed by atoms with Gasteiger partial charge in [-0.05, 0) is 50.1 Å². The van der Waals surface area contributed by atoms with Crippen LogP contribution in [0.25, 0.3) is 0 Å². The van der Waals surface area contributed by atoms with Crippen molar-refractivity contribution in [1.82, 2.24) is 4.90 Å². The number of fused-ring (bicyclic) bond motifs is 1. The fraction of sp³-hybridized carbons (Fsp3) is 0.250. The Labute approximate surface area is 151 Å². The Bertz CT molecular complexity index is 852. The van der Waals surface area contributed by atoms with E-state index < -0.39 is 11.6 Å². The number of hydrogen-bond acceptors (Lipinski definition) is 4. The van der Waals surface area contributed by atoms with E-state index in [0.717, 1.165) is 5.56 Å². The number of hydrogen-bond donors (Lipinski definition) is 1. The molecule has 0 saturated heterocycles. The molecule has 1 aliphatic heterocycles. The minimum Gasteiger partial charge on any atom is -0.478 e. The molecule has 0 aliphatic carbocycles. The number of amides is 2. The highest BCUT2D eigenvalue weighted by atomic mass is 16.5. The average Bonchev–Trinajstić information content (AvgIpc) is 2.84. The molecular formula is C20H19NO5. The van der Waals surface area contributed by atoms with E-state index in [1.54, 1.807) is 42.5 Å². The van der Waals surface area contributed by atoms with E-state index in [0.29, 0.717) is 23.3 Å². The van der Waals surface area contributed by atoms with Gasteiger partial charge < -0.3 is 9.84 Å². The summed E-state index contributed by atoms with van der Waals surface area (Å²) >= 11 is 0. The monoisotopic (exact) mass is 353 g/mol. The largest absolute Gasteiger partial charge is 0.478 e. The van der Waals surface area contributed by atoms with Crippen LogP contribution in [0.3, 0.4) is 0 Å². The second-order valence-corrected chi connectivity index (χ2v) is 6.62. The molecule has 0 aromatic heterocycles. The molecule has 1 heterocycles. The second-order valence-electron chi connectivity index (χ2n) is 6.62. The lowest BCUT2D eigenvalue weighted by Gasteiger charge is -2.22. The van der Waals surface area contributed by atoms with Gasteiger partial charge in [-0.1, -0.05) is 24.3 Å². The molecule has 0 bridgehead atoms. The minimum absolute atomic E-state index is 0.248. The van der Waals surface area contributed by atoms with Gasteiger partial charge in [-0.2, -0.15) is 0 Å². The summed E-state index contributed by atoms with van der Waals surface area (Å²) in [5.41, 5.74) is 0.358. The van der Waals surface area contributed by atoms with E-state index in [9.17, 15) is 14.4 Å². The van der Waals surface area contributed by atoms with Crippen LogP contribution in [0, 0.1) is 0 Å². The summed E-state index contributed by atoms with van der Waals surface area (Å²) in [4.78, 5) is 37.2. The van der Waals surface area contributed by atoms with Crippen LogP contribution in [0.4, 0.5) is 0 Å². The van der Waals surface area contributed by atoms with Crippen molar-refractivity contribution >= 4 is 17.8 Å². The zero-order valence-corrected chi connectivity index (χ0v) is 14.6. The summed E-state index contributed by atoms with van der Waals surface area (Å²) in [5, 5.41) is 9.16. The molecule has 0 unspecified atom stereocenters. The molecule has 2 aromatic carbocycles. The van der Waals surface area contributed by atoms with Gasteiger partial charge in [0.1, 0.15) is 5.75 Å². The van der Waals surface area contributed by atoms with Crippen molar-refractivity contribution in [1.29, 1.82) is 0 Å². The Balaban J connectivity index is 1.70. The maximum absolute atomic E-state index is 12.4. The fourth-order valence-corrected chi connectivity index (χ4v) is 2.79. The Kier molecular flexibility index (Phi) is 4.50. The van der Waals surface area contributed by atoms with Gasteiger partial charge in [-0.25, -0.2) is 4.79 Å². The van der Waals surface area contributed by atoms with Crippen LogP contribution in [0.15, 0.2) is 48.5 Å². The number of benzene rings is 2. The molecule has 0 fully saturated rings. The molecule has 6 nitrogen and oxygen atoms in total. The molecule has 0 atom stereocenters. The third-order valence-electron chi connectivity index (χ3n) is 4.29. The van der Waals surface area contributed by atoms with Gasteiger partial charge in [0.05, 0.1) is 11.1 Å². The van der Waals surface area contributed by atoms with Crippen molar-refractivity contribution in [2.45, 2.75) is 25.9 Å². The number of carbonyl (C=O) groups excluding carboxylic acids is 2. The first-order valence-electron chi connectivity index (χ1n) is 8.26. The van der Waals surface area contributed by atoms with Crippen LogP contribution in [-0.2, 0) is 11.2 Å². The highest BCUT2D eigenvalue weighted by Crippen LogP contribution is 2.24. The molecule has 6 heteroatoms. The number of imide groups is 1. The lowest BCUT2D eigenvalue weighted by molar-refractivity contribution is -0.152. The maximum Gasteiger partial charge on any atom is 0.347 e. The van der Waals surface area contributed by atoms with Crippen LogP contribution in [0.2, 0.25) is 0 Å². The number of ether oxygens (including phenoxy) is 1. The summed E-state index contributed by atoms with van der Waals surface area (Å²) in [6, 6.07) is 13.8. The molecule has 1 aliphatic rings. The average molecular weight is 353 g/mol. The number of aliphatic carboxylic acids is 1. The van der Waals surface area contributed by atoms with Crippen LogP contribution in [0.1, 0.15) is 40.1 Å². The van der Waals surface area contributed by atoms with Crippen LogP contribution in [-0.4, -0.2) is 39.9 Å². The molecule has 1 N–H and O–H groups in total. The molecule has 2 amide bonds. The van der Waals surface area contributed by atoms with E-state index in [4.69, 9.17) is 9.84 Å². The first kappa shape index (κ1) is 17.7. The number of nitrogens with zero attached hydrogens (tertiary/aromatic N) is 1. The van der Waals surface area contributed by atoms with Crippen LogP contribution < -0.4 is 4.74 Å². The molecule has 0 spiro atoms. The zero-order chi connectivity index (χ0) is 18.9. The normalized spacial score (nSPS) is 13.7. The molecule has 26 heavy (non-hydrogen) atoms. The highest BCUT2D eigenvalue weighted by Gasteiger charge is 2.34. The van der Waals surface area contributed by atoms with E-state index in [1.807, 2.05) is 6.07 Å². The Morgan fingerprint density at radius 2 is 1.65 bits per heavy atom. The van der Waals surface area contributed by atoms with Gasteiger partial charge in [0.25, 0.3) is 11.8 Å². The van der Waals surface area contributed by atoms with E-state index in [-0.39, 0.29) is 18.4 Å². The van der Waals surface area contributed by atoms with Crippen molar-refractivity contribution < 1.29 is 24.2 Å². The predicted molar refractivity (Wildman–Crippen MR) is 94.3 cm³/mol. The summed E-state index contributed by atoms with van der Waals surface area (Å²) < 4.78 is 5.52. The number of rotatable bonds is 6. The van der Waals surface area contributed by atoms with Crippen molar-refractivity contribution in [3.05, 3.63) is 65.2 Å². The summed E-state index contributed by atoms with van der Waals surface area (Å²) in [5.74, 6) is -1.21. The summed E-state index contributed by atoms with van der Waals surface area (Å²) in [6.07, 6.45) is 0.455. The zero-order valence-electron chi connectivity index (χ0n) is 14.6. The quantitative estimate of drug-likeness (QED) is 0.807. The third-order valence-corrected chi connectivity index (χ3v) is 4.29.